The van der Waals surface area contributed by atoms with E-state index in [1.165, 1.54) is 87.6 Å². The van der Waals surface area contributed by atoms with Gasteiger partial charge in [0, 0.05) is 21.8 Å². The van der Waals surface area contributed by atoms with Crippen LogP contribution in [0, 0.1) is 0 Å². The zero-order valence-corrected chi connectivity index (χ0v) is 24.6. The van der Waals surface area contributed by atoms with Crippen molar-refractivity contribution in [2.75, 3.05) is 0 Å². The number of rotatable bonds is 2. The van der Waals surface area contributed by atoms with E-state index >= 15 is 0 Å². The first-order chi connectivity index (χ1) is 21.6. The summed E-state index contributed by atoms with van der Waals surface area (Å²) in [7, 11) is 0. The van der Waals surface area contributed by atoms with Gasteiger partial charge < -0.3 is 4.42 Å². The van der Waals surface area contributed by atoms with Crippen LogP contribution in [0.1, 0.15) is 25.0 Å². The van der Waals surface area contributed by atoms with Crippen LogP contribution in [0.5, 0.6) is 0 Å². The average molecular weight is 561 g/mol. The molecule has 0 radical (unpaired) electrons. The molecular formula is C43H28O. The van der Waals surface area contributed by atoms with E-state index in [1.54, 1.807) is 0 Å². The van der Waals surface area contributed by atoms with Crippen molar-refractivity contribution >= 4 is 54.3 Å². The fraction of sp³-hybridized carbons (Fsp3) is 0.0698. The van der Waals surface area contributed by atoms with Gasteiger partial charge in [-0.25, -0.2) is 0 Å². The molecule has 1 aromatic heterocycles. The lowest BCUT2D eigenvalue weighted by Gasteiger charge is -2.22. The van der Waals surface area contributed by atoms with Crippen molar-refractivity contribution in [2.24, 2.45) is 0 Å². The van der Waals surface area contributed by atoms with Gasteiger partial charge >= 0.3 is 0 Å². The second-order valence-electron chi connectivity index (χ2n) is 12.8. The van der Waals surface area contributed by atoms with Gasteiger partial charge in [-0.05, 0) is 83.4 Å². The summed E-state index contributed by atoms with van der Waals surface area (Å²) in [5, 5.41) is 10.1. The Kier molecular flexibility index (Phi) is 4.58. The van der Waals surface area contributed by atoms with Crippen LogP contribution in [0.4, 0.5) is 0 Å². The number of benzene rings is 8. The van der Waals surface area contributed by atoms with Crippen molar-refractivity contribution in [1.29, 1.82) is 0 Å². The number of hydrogen-bond acceptors (Lipinski definition) is 1. The highest BCUT2D eigenvalue weighted by molar-refractivity contribution is 6.29. The van der Waals surface area contributed by atoms with Gasteiger partial charge in [-0.3, -0.25) is 0 Å². The minimum absolute atomic E-state index is 0.123. The summed E-state index contributed by atoms with van der Waals surface area (Å²) in [4.78, 5) is 0. The van der Waals surface area contributed by atoms with E-state index in [9.17, 15) is 0 Å². The molecule has 0 aliphatic heterocycles. The van der Waals surface area contributed by atoms with Gasteiger partial charge in [0.05, 0.1) is 0 Å². The van der Waals surface area contributed by atoms with Gasteiger partial charge in [-0.1, -0.05) is 135 Å². The van der Waals surface area contributed by atoms with E-state index in [4.69, 9.17) is 4.42 Å². The number of fused-ring (bicyclic) bond motifs is 6. The van der Waals surface area contributed by atoms with Gasteiger partial charge in [0.1, 0.15) is 11.2 Å². The predicted octanol–water partition coefficient (Wildman–Crippen LogP) is 12.1. The molecule has 1 aliphatic rings. The van der Waals surface area contributed by atoms with Gasteiger partial charge in [0.2, 0.25) is 0 Å². The molecule has 10 rings (SSSR count). The lowest BCUT2D eigenvalue weighted by molar-refractivity contribution is 0.658. The Hall–Kier alpha value is -5.40. The summed E-state index contributed by atoms with van der Waals surface area (Å²) >= 11 is 0. The van der Waals surface area contributed by atoms with Crippen molar-refractivity contribution in [3.63, 3.8) is 0 Å². The molecule has 0 bridgehead atoms. The molecule has 1 aliphatic carbocycles. The molecule has 44 heavy (non-hydrogen) atoms. The summed E-state index contributed by atoms with van der Waals surface area (Å²) in [5.41, 5.74) is 12.1. The zero-order valence-electron chi connectivity index (χ0n) is 24.6. The first kappa shape index (κ1) is 24.1. The summed E-state index contributed by atoms with van der Waals surface area (Å²) in [6.07, 6.45) is 0. The molecule has 0 spiro atoms. The van der Waals surface area contributed by atoms with Gasteiger partial charge in [0.15, 0.2) is 0 Å². The van der Waals surface area contributed by atoms with Gasteiger partial charge in [-0.2, -0.15) is 0 Å². The minimum Gasteiger partial charge on any atom is -0.455 e. The Morgan fingerprint density at radius 2 is 1.09 bits per heavy atom. The average Bonchev–Trinajstić information content (AvgIpc) is 3.55. The van der Waals surface area contributed by atoms with Crippen LogP contribution in [0.2, 0.25) is 0 Å². The third-order valence-corrected chi connectivity index (χ3v) is 10.2. The highest BCUT2D eigenvalue weighted by Crippen LogP contribution is 2.56. The van der Waals surface area contributed by atoms with E-state index < -0.39 is 0 Å². The molecule has 0 N–H and O–H groups in total. The molecule has 0 saturated carbocycles. The van der Waals surface area contributed by atoms with Crippen molar-refractivity contribution in [3.05, 3.63) is 145 Å². The molecule has 0 saturated heterocycles. The van der Waals surface area contributed by atoms with Crippen molar-refractivity contribution in [2.45, 2.75) is 19.3 Å². The molecule has 1 heterocycles. The van der Waals surface area contributed by atoms with Crippen molar-refractivity contribution < 1.29 is 4.42 Å². The number of furan rings is 1. The Bertz CT molecular complexity index is 2620. The first-order valence-corrected chi connectivity index (χ1v) is 15.4. The highest BCUT2D eigenvalue weighted by atomic mass is 16.3. The van der Waals surface area contributed by atoms with Crippen LogP contribution >= 0.6 is 0 Å². The summed E-state index contributed by atoms with van der Waals surface area (Å²) < 4.78 is 6.81. The molecule has 1 heteroatoms. The molecule has 8 aromatic carbocycles. The standard InChI is InChI=1S/C43H28O/c1-43(2)35-14-8-6-13-33(35)40-36(43)24-34-29-12-7-9-15-37(29)44-42(34)41(40)32-23-19-27-17-21-30-28(25-10-4-3-5-11-25)20-16-26-18-22-31(32)39(27)38(26)30/h3-24H,1-2H3. The van der Waals surface area contributed by atoms with E-state index in [1.807, 2.05) is 0 Å². The Morgan fingerprint density at radius 3 is 1.89 bits per heavy atom. The predicted molar refractivity (Wildman–Crippen MR) is 186 cm³/mol. The fourth-order valence-corrected chi connectivity index (χ4v) is 8.17. The molecule has 1 nitrogen and oxygen atoms in total. The normalized spacial score (nSPS) is 13.9. The van der Waals surface area contributed by atoms with Crippen LogP contribution in [-0.4, -0.2) is 0 Å². The number of hydrogen-bond donors (Lipinski definition) is 0. The summed E-state index contributed by atoms with van der Waals surface area (Å²) in [6, 6.07) is 49.0. The topological polar surface area (TPSA) is 13.1 Å². The molecule has 206 valence electrons. The monoisotopic (exact) mass is 560 g/mol. The van der Waals surface area contributed by atoms with E-state index in [-0.39, 0.29) is 5.41 Å². The Labute approximate surface area is 255 Å². The van der Waals surface area contributed by atoms with Crippen LogP contribution in [0.3, 0.4) is 0 Å². The zero-order chi connectivity index (χ0) is 29.2. The van der Waals surface area contributed by atoms with Crippen LogP contribution in [0.25, 0.3) is 87.6 Å². The molecule has 9 aromatic rings. The quantitative estimate of drug-likeness (QED) is 0.192. The lowest BCUT2D eigenvalue weighted by atomic mass is 9.80. The van der Waals surface area contributed by atoms with E-state index in [0.29, 0.717) is 0 Å². The van der Waals surface area contributed by atoms with Crippen molar-refractivity contribution in [3.8, 4) is 33.4 Å². The maximum Gasteiger partial charge on any atom is 0.143 e. The Balaban J connectivity index is 1.39. The van der Waals surface area contributed by atoms with Gasteiger partial charge in [-0.15, -0.1) is 0 Å². The van der Waals surface area contributed by atoms with Crippen LogP contribution in [-0.2, 0) is 5.41 Å². The molecule has 0 atom stereocenters. The summed E-state index contributed by atoms with van der Waals surface area (Å²) in [6.45, 7) is 4.73. The Morgan fingerprint density at radius 1 is 0.455 bits per heavy atom. The van der Waals surface area contributed by atoms with Crippen LogP contribution in [0.15, 0.2) is 138 Å². The second-order valence-corrected chi connectivity index (χ2v) is 12.8. The maximum absolute atomic E-state index is 6.81. The molecule has 0 fully saturated rings. The molecular weight excluding hydrogens is 532 g/mol. The third kappa shape index (κ3) is 2.99. The first-order valence-electron chi connectivity index (χ1n) is 15.4. The largest absolute Gasteiger partial charge is 0.455 e. The third-order valence-electron chi connectivity index (χ3n) is 10.2. The fourth-order valence-electron chi connectivity index (χ4n) is 8.17. The van der Waals surface area contributed by atoms with Gasteiger partial charge in [0.25, 0.3) is 0 Å². The summed E-state index contributed by atoms with van der Waals surface area (Å²) in [5.74, 6) is 0. The minimum atomic E-state index is -0.123. The smallest absolute Gasteiger partial charge is 0.143 e. The SMILES string of the molecule is CC1(C)c2ccccc2-c2c1cc1c(oc3ccccc31)c2-c1ccc2ccc3c(-c4ccccc4)ccc4ccc1c2c43. The van der Waals surface area contributed by atoms with E-state index in [2.05, 4.69) is 147 Å². The van der Waals surface area contributed by atoms with E-state index in [0.717, 1.165) is 11.2 Å². The van der Waals surface area contributed by atoms with Crippen LogP contribution < -0.4 is 0 Å². The number of para-hydroxylation sites is 1. The lowest BCUT2D eigenvalue weighted by Crippen LogP contribution is -2.14. The molecule has 0 unspecified atom stereocenters. The second kappa shape index (κ2) is 8.36. The van der Waals surface area contributed by atoms with Crippen molar-refractivity contribution in [1.82, 2.24) is 0 Å². The molecule has 0 amide bonds. The highest BCUT2D eigenvalue weighted by Gasteiger charge is 2.39. The maximum atomic E-state index is 6.81.